The monoisotopic (exact) mass is 294 g/mol. The zero-order valence-electron chi connectivity index (χ0n) is 14.0. The molecule has 0 heterocycles. The van der Waals surface area contributed by atoms with Crippen LogP contribution in [0.3, 0.4) is 0 Å². The molecule has 0 saturated carbocycles. The SMILES string of the molecule is CC1=[C]C(C)([Si]([Si](C)(C)C)[Si](C)(C)C)C(C)=C1C. The fourth-order valence-corrected chi connectivity index (χ4v) is 47.7. The highest BCUT2D eigenvalue weighted by Crippen LogP contribution is 2.51. The summed E-state index contributed by atoms with van der Waals surface area (Å²) >= 11 is 0. The van der Waals surface area contributed by atoms with E-state index in [2.05, 4.69) is 73.1 Å². The van der Waals surface area contributed by atoms with E-state index in [0.29, 0.717) is 5.04 Å². The van der Waals surface area contributed by atoms with Crippen LogP contribution in [0.5, 0.6) is 0 Å². The number of allylic oxidation sites excluding steroid dienone is 4. The summed E-state index contributed by atoms with van der Waals surface area (Å²) in [6.45, 7) is 24.9. The largest absolute Gasteiger partial charge is 0.0718 e. The minimum absolute atomic E-state index is 0.299. The molecule has 0 amide bonds. The van der Waals surface area contributed by atoms with Crippen LogP contribution in [0.4, 0.5) is 0 Å². The standard InChI is InChI=1S/C15H30Si3/c1-12-11-15(4,14(3)13(12)2)16(17(5,6)7)18(8,9)10/h1-10H3. The van der Waals surface area contributed by atoms with Gasteiger partial charge in [0.15, 0.2) is 0 Å². The number of hydrogen-bond acceptors (Lipinski definition) is 0. The van der Waals surface area contributed by atoms with Crippen LogP contribution in [0, 0.1) is 6.08 Å². The van der Waals surface area contributed by atoms with Gasteiger partial charge < -0.3 is 0 Å². The summed E-state index contributed by atoms with van der Waals surface area (Å²) in [5, 5.41) is 0.299. The lowest BCUT2D eigenvalue weighted by Crippen LogP contribution is -2.64. The Morgan fingerprint density at radius 3 is 1.50 bits per heavy atom. The molecular formula is C15H30Si3. The average Bonchev–Trinajstić information content (AvgIpc) is 2.25. The van der Waals surface area contributed by atoms with E-state index in [1.165, 1.54) is 11.1 Å². The van der Waals surface area contributed by atoms with E-state index < -0.39 is 15.2 Å². The first-order chi connectivity index (χ1) is 7.82. The molecule has 0 N–H and O–H groups in total. The lowest BCUT2D eigenvalue weighted by atomic mass is 10.0. The Morgan fingerprint density at radius 2 is 1.28 bits per heavy atom. The van der Waals surface area contributed by atoms with Crippen LogP contribution >= 0.6 is 0 Å². The molecule has 0 aliphatic heterocycles. The van der Waals surface area contributed by atoms with Gasteiger partial charge in [0.1, 0.15) is 0 Å². The van der Waals surface area contributed by atoms with E-state index in [-0.39, 0.29) is 7.83 Å². The van der Waals surface area contributed by atoms with Gasteiger partial charge in [0.25, 0.3) is 0 Å². The predicted molar refractivity (Wildman–Crippen MR) is 91.6 cm³/mol. The maximum Gasteiger partial charge on any atom is 0.0513 e. The number of rotatable bonds is 3. The first-order valence-corrected chi connectivity index (χ1v) is 17.5. The highest BCUT2D eigenvalue weighted by atomic mass is 29.6. The maximum absolute atomic E-state index is 3.90. The molecule has 0 saturated heterocycles. The molecule has 2 radical (unpaired) electrons. The van der Waals surface area contributed by atoms with Crippen LogP contribution in [-0.2, 0) is 0 Å². The van der Waals surface area contributed by atoms with Crippen molar-refractivity contribution in [3.63, 3.8) is 0 Å². The van der Waals surface area contributed by atoms with Gasteiger partial charge in [0.05, 0.1) is 7.83 Å². The Balaban J connectivity index is 3.43. The van der Waals surface area contributed by atoms with Gasteiger partial charge in [0, 0.05) is 20.2 Å². The van der Waals surface area contributed by atoms with Gasteiger partial charge in [-0.1, -0.05) is 51.8 Å². The Kier molecular flexibility index (Phi) is 4.14. The second kappa shape index (κ2) is 4.60. The van der Waals surface area contributed by atoms with Crippen LogP contribution in [0.15, 0.2) is 16.7 Å². The molecule has 0 bridgehead atoms. The molecule has 0 aromatic heterocycles. The van der Waals surface area contributed by atoms with Crippen molar-refractivity contribution in [2.45, 2.75) is 72.0 Å². The molecule has 1 atom stereocenters. The van der Waals surface area contributed by atoms with Crippen LogP contribution in [0.1, 0.15) is 27.7 Å². The Bertz CT molecular complexity index is 390. The van der Waals surface area contributed by atoms with Gasteiger partial charge in [0.2, 0.25) is 0 Å². The van der Waals surface area contributed by atoms with Crippen molar-refractivity contribution in [1.29, 1.82) is 0 Å². The Labute approximate surface area is 118 Å². The fourth-order valence-electron chi connectivity index (χ4n) is 4.09. The Morgan fingerprint density at radius 1 is 0.889 bits per heavy atom. The van der Waals surface area contributed by atoms with E-state index in [9.17, 15) is 0 Å². The van der Waals surface area contributed by atoms with Crippen molar-refractivity contribution in [3.8, 4) is 0 Å². The third kappa shape index (κ3) is 2.68. The Hall–Kier alpha value is 0.131. The normalized spacial score (nSPS) is 26.1. The van der Waals surface area contributed by atoms with Gasteiger partial charge in [-0.05, 0) is 38.0 Å². The summed E-state index contributed by atoms with van der Waals surface area (Å²) in [6, 6.07) is 0. The van der Waals surface area contributed by atoms with E-state index in [0.717, 1.165) is 0 Å². The molecule has 102 valence electrons. The van der Waals surface area contributed by atoms with Gasteiger partial charge in [-0.2, -0.15) is 0 Å². The van der Waals surface area contributed by atoms with Crippen molar-refractivity contribution >= 4 is 23.0 Å². The van der Waals surface area contributed by atoms with Crippen molar-refractivity contribution in [1.82, 2.24) is 0 Å². The van der Waals surface area contributed by atoms with Crippen LogP contribution < -0.4 is 0 Å². The first-order valence-electron chi connectivity index (χ1n) is 7.00. The molecule has 18 heavy (non-hydrogen) atoms. The molecule has 0 aromatic carbocycles. The molecule has 0 spiro atoms. The van der Waals surface area contributed by atoms with Crippen LogP contribution in [-0.4, -0.2) is 23.0 Å². The highest BCUT2D eigenvalue weighted by molar-refractivity contribution is 7.61. The van der Waals surface area contributed by atoms with Crippen LogP contribution in [0.25, 0.3) is 0 Å². The molecule has 0 aromatic rings. The molecule has 0 nitrogen and oxygen atoms in total. The zero-order valence-corrected chi connectivity index (χ0v) is 17.0. The molecule has 1 rings (SSSR count). The molecule has 3 heteroatoms. The van der Waals surface area contributed by atoms with Gasteiger partial charge in [-0.15, -0.1) is 0 Å². The first kappa shape index (κ1) is 16.2. The molecule has 1 aliphatic rings. The summed E-state index contributed by atoms with van der Waals surface area (Å²) in [6.07, 6.45) is 3.90. The summed E-state index contributed by atoms with van der Waals surface area (Å²) < 4.78 is 0. The summed E-state index contributed by atoms with van der Waals surface area (Å²) in [5.41, 5.74) is 4.55. The van der Waals surface area contributed by atoms with E-state index in [4.69, 9.17) is 0 Å². The summed E-state index contributed by atoms with van der Waals surface area (Å²) in [7, 11) is -2.59. The molecule has 0 fully saturated rings. The lowest BCUT2D eigenvalue weighted by Gasteiger charge is -2.47. The molecular weight excluding hydrogens is 264 g/mol. The third-order valence-electron chi connectivity index (χ3n) is 4.31. The van der Waals surface area contributed by atoms with Gasteiger partial charge in [-0.3, -0.25) is 0 Å². The second-order valence-corrected chi connectivity index (χ2v) is 32.2. The van der Waals surface area contributed by atoms with Crippen molar-refractivity contribution in [3.05, 3.63) is 22.8 Å². The second-order valence-electron chi connectivity index (χ2n) is 8.00. The molecule has 1 aliphatic carbocycles. The fraction of sp³-hybridized carbons (Fsp3) is 0.733. The summed E-state index contributed by atoms with van der Waals surface area (Å²) in [4.78, 5) is 0. The van der Waals surface area contributed by atoms with E-state index in [1.54, 1.807) is 5.57 Å². The quantitative estimate of drug-likeness (QED) is 0.630. The third-order valence-corrected chi connectivity index (χ3v) is 34.3. The topological polar surface area (TPSA) is 0 Å². The minimum atomic E-state index is -1.11. The lowest BCUT2D eigenvalue weighted by molar-refractivity contribution is 0.865. The van der Waals surface area contributed by atoms with Gasteiger partial charge >= 0.3 is 0 Å². The smallest absolute Gasteiger partial charge is 0.0513 e. The van der Waals surface area contributed by atoms with E-state index in [1.807, 2.05) is 0 Å². The highest BCUT2D eigenvalue weighted by Gasteiger charge is 2.52. The van der Waals surface area contributed by atoms with Gasteiger partial charge in [-0.25, -0.2) is 0 Å². The van der Waals surface area contributed by atoms with Crippen molar-refractivity contribution in [2.24, 2.45) is 0 Å². The van der Waals surface area contributed by atoms with Crippen molar-refractivity contribution < 1.29 is 0 Å². The van der Waals surface area contributed by atoms with E-state index >= 15 is 0 Å². The predicted octanol–water partition coefficient (Wildman–Crippen LogP) is 5.17. The minimum Gasteiger partial charge on any atom is -0.0718 e. The number of hydrogen-bond donors (Lipinski definition) is 0. The van der Waals surface area contributed by atoms with Crippen LogP contribution in [0.2, 0.25) is 44.3 Å². The molecule has 1 unspecified atom stereocenters. The maximum atomic E-state index is 3.90. The average molecular weight is 295 g/mol. The summed E-state index contributed by atoms with van der Waals surface area (Å²) in [5.74, 6) is 0. The zero-order chi connectivity index (χ0) is 14.5. The van der Waals surface area contributed by atoms with Crippen molar-refractivity contribution in [2.75, 3.05) is 0 Å².